The summed E-state index contributed by atoms with van der Waals surface area (Å²) in [6.07, 6.45) is 3.68. The summed E-state index contributed by atoms with van der Waals surface area (Å²) in [5, 5.41) is 3.60. The van der Waals surface area contributed by atoms with Crippen LogP contribution in [-0.2, 0) is 6.54 Å². The zero-order chi connectivity index (χ0) is 15.1. The molecule has 1 aliphatic rings. The lowest BCUT2D eigenvalue weighted by Crippen LogP contribution is -2.40. The van der Waals surface area contributed by atoms with E-state index in [4.69, 9.17) is 4.74 Å². The van der Waals surface area contributed by atoms with Crippen molar-refractivity contribution in [3.8, 4) is 5.75 Å². The van der Waals surface area contributed by atoms with Crippen molar-refractivity contribution in [2.24, 2.45) is 0 Å². The molecule has 1 aliphatic heterocycles. The van der Waals surface area contributed by atoms with Crippen LogP contribution < -0.4 is 10.1 Å². The van der Waals surface area contributed by atoms with Crippen LogP contribution >= 0.6 is 0 Å². The van der Waals surface area contributed by atoms with E-state index in [0.717, 1.165) is 31.9 Å². The number of rotatable bonds is 8. The molecule has 0 bridgehead atoms. The lowest BCUT2D eigenvalue weighted by atomic mass is 10.1. The summed E-state index contributed by atoms with van der Waals surface area (Å²) in [4.78, 5) is 2.56. The van der Waals surface area contributed by atoms with Gasteiger partial charge in [-0.2, -0.15) is 0 Å². The summed E-state index contributed by atoms with van der Waals surface area (Å²) >= 11 is 0. The van der Waals surface area contributed by atoms with E-state index in [9.17, 15) is 0 Å². The summed E-state index contributed by atoms with van der Waals surface area (Å²) < 4.78 is 5.65. The number of ether oxygens (including phenoxy) is 1. The molecule has 1 aromatic carbocycles. The normalized spacial score (nSPS) is 18.6. The van der Waals surface area contributed by atoms with E-state index in [1.165, 1.54) is 24.9 Å². The molecule has 1 aromatic rings. The highest BCUT2D eigenvalue weighted by Gasteiger charge is 2.19. The third-order valence-electron chi connectivity index (χ3n) is 4.13. The lowest BCUT2D eigenvalue weighted by Gasteiger charge is -2.29. The largest absolute Gasteiger partial charge is 0.494 e. The molecule has 0 saturated carbocycles. The van der Waals surface area contributed by atoms with Gasteiger partial charge in [0.1, 0.15) is 5.75 Å². The first-order chi connectivity index (χ1) is 10.2. The molecule has 2 rings (SSSR count). The Bertz CT molecular complexity index is 396. The Labute approximate surface area is 129 Å². The van der Waals surface area contributed by atoms with E-state index >= 15 is 0 Å². The Balaban J connectivity index is 1.89. The maximum atomic E-state index is 5.65. The minimum atomic E-state index is 0.573. The predicted octanol–water partition coefficient (Wildman–Crippen LogP) is 3.44. The van der Waals surface area contributed by atoms with E-state index in [-0.39, 0.29) is 0 Å². The molecule has 0 radical (unpaired) electrons. The summed E-state index contributed by atoms with van der Waals surface area (Å²) in [7, 11) is 0. The van der Waals surface area contributed by atoms with Crippen LogP contribution in [0.1, 0.15) is 45.6 Å². The molecule has 0 amide bonds. The predicted molar refractivity (Wildman–Crippen MR) is 88.8 cm³/mol. The lowest BCUT2D eigenvalue weighted by molar-refractivity contribution is 0.194. The maximum Gasteiger partial charge on any atom is 0.119 e. The molecule has 1 heterocycles. The monoisotopic (exact) mass is 290 g/mol. The molecule has 1 saturated heterocycles. The third-order valence-corrected chi connectivity index (χ3v) is 4.13. The average molecular weight is 290 g/mol. The Morgan fingerprint density at radius 1 is 1.29 bits per heavy atom. The van der Waals surface area contributed by atoms with Crippen molar-refractivity contribution in [3.05, 3.63) is 29.8 Å². The molecule has 1 atom stereocenters. The van der Waals surface area contributed by atoms with Gasteiger partial charge in [-0.25, -0.2) is 0 Å². The summed E-state index contributed by atoms with van der Waals surface area (Å²) in [6, 6.07) is 9.82. The van der Waals surface area contributed by atoms with Crippen molar-refractivity contribution < 1.29 is 4.74 Å². The first kappa shape index (κ1) is 16.3. The Morgan fingerprint density at radius 2 is 2.05 bits per heavy atom. The van der Waals surface area contributed by atoms with Crippen LogP contribution in [0.2, 0.25) is 0 Å². The fraction of sp³-hybridized carbons (Fsp3) is 0.667. The highest BCUT2D eigenvalue weighted by atomic mass is 16.5. The number of nitrogens with zero attached hydrogens (tertiary/aromatic N) is 1. The van der Waals surface area contributed by atoms with Crippen molar-refractivity contribution in [1.82, 2.24) is 10.2 Å². The first-order valence-corrected chi connectivity index (χ1v) is 8.38. The van der Waals surface area contributed by atoms with Crippen molar-refractivity contribution in [3.63, 3.8) is 0 Å². The zero-order valence-corrected chi connectivity index (χ0v) is 13.8. The van der Waals surface area contributed by atoms with Crippen LogP contribution in [0.15, 0.2) is 24.3 Å². The average Bonchev–Trinajstić information content (AvgIpc) is 2.99. The van der Waals surface area contributed by atoms with Crippen molar-refractivity contribution in [1.29, 1.82) is 0 Å². The molecular formula is C18H30N2O. The van der Waals surface area contributed by atoms with E-state index < -0.39 is 0 Å². The van der Waals surface area contributed by atoms with Crippen molar-refractivity contribution in [2.45, 2.75) is 58.7 Å². The molecule has 3 heteroatoms. The van der Waals surface area contributed by atoms with E-state index in [2.05, 4.69) is 55.3 Å². The van der Waals surface area contributed by atoms with Crippen molar-refractivity contribution in [2.75, 3.05) is 19.7 Å². The van der Waals surface area contributed by atoms with Crippen LogP contribution in [0.4, 0.5) is 0 Å². The van der Waals surface area contributed by atoms with Gasteiger partial charge in [0.2, 0.25) is 0 Å². The fourth-order valence-electron chi connectivity index (χ4n) is 2.80. The minimum absolute atomic E-state index is 0.573. The molecule has 0 aromatic heterocycles. The smallest absolute Gasteiger partial charge is 0.119 e. The Kier molecular flexibility index (Phi) is 6.52. The molecular weight excluding hydrogens is 260 g/mol. The van der Waals surface area contributed by atoms with Crippen LogP contribution in [0.3, 0.4) is 0 Å². The van der Waals surface area contributed by atoms with Gasteiger partial charge in [-0.3, -0.25) is 4.90 Å². The summed E-state index contributed by atoms with van der Waals surface area (Å²) in [5.74, 6) is 0.981. The molecule has 1 unspecified atom stereocenters. The Hall–Kier alpha value is -1.06. The zero-order valence-electron chi connectivity index (χ0n) is 13.8. The molecule has 1 fully saturated rings. The van der Waals surface area contributed by atoms with Gasteiger partial charge in [-0.05, 0) is 57.4 Å². The SMILES string of the molecule is CCCOc1ccc(CN(CC2CCCN2)C(C)C)cc1. The van der Waals surface area contributed by atoms with Crippen LogP contribution in [0, 0.1) is 0 Å². The highest BCUT2D eigenvalue weighted by Crippen LogP contribution is 2.16. The van der Waals surface area contributed by atoms with Gasteiger partial charge < -0.3 is 10.1 Å². The van der Waals surface area contributed by atoms with E-state index in [1.807, 2.05) is 0 Å². The van der Waals surface area contributed by atoms with Gasteiger partial charge >= 0.3 is 0 Å². The number of nitrogens with one attached hydrogen (secondary N) is 1. The van der Waals surface area contributed by atoms with Crippen molar-refractivity contribution >= 4 is 0 Å². The van der Waals surface area contributed by atoms with E-state index in [1.54, 1.807) is 0 Å². The van der Waals surface area contributed by atoms with Crippen LogP contribution in [0.5, 0.6) is 5.75 Å². The van der Waals surface area contributed by atoms with Crippen LogP contribution in [-0.4, -0.2) is 36.7 Å². The molecule has 118 valence electrons. The topological polar surface area (TPSA) is 24.5 Å². The van der Waals surface area contributed by atoms with Gasteiger partial charge in [-0.15, -0.1) is 0 Å². The first-order valence-electron chi connectivity index (χ1n) is 8.38. The maximum absolute atomic E-state index is 5.65. The van der Waals surface area contributed by atoms with Gasteiger partial charge in [-0.1, -0.05) is 19.1 Å². The minimum Gasteiger partial charge on any atom is -0.494 e. The fourth-order valence-corrected chi connectivity index (χ4v) is 2.80. The van der Waals surface area contributed by atoms with Gasteiger partial charge in [0.25, 0.3) is 0 Å². The number of benzene rings is 1. The highest BCUT2D eigenvalue weighted by molar-refractivity contribution is 5.27. The second kappa shape index (κ2) is 8.40. The molecule has 1 N–H and O–H groups in total. The second-order valence-corrected chi connectivity index (χ2v) is 6.31. The van der Waals surface area contributed by atoms with E-state index in [0.29, 0.717) is 12.1 Å². The number of hydrogen-bond acceptors (Lipinski definition) is 3. The van der Waals surface area contributed by atoms with Gasteiger partial charge in [0.15, 0.2) is 0 Å². The standard InChI is InChI=1S/C18H30N2O/c1-4-12-21-18-9-7-16(8-10-18)13-20(15(2)3)14-17-6-5-11-19-17/h7-10,15,17,19H,4-6,11-14H2,1-3H3. The molecule has 21 heavy (non-hydrogen) atoms. The van der Waals surface area contributed by atoms with Crippen LogP contribution in [0.25, 0.3) is 0 Å². The number of hydrogen-bond donors (Lipinski definition) is 1. The third kappa shape index (κ3) is 5.33. The van der Waals surface area contributed by atoms with Gasteiger partial charge in [0, 0.05) is 25.2 Å². The Morgan fingerprint density at radius 3 is 2.62 bits per heavy atom. The quantitative estimate of drug-likeness (QED) is 0.794. The molecule has 0 spiro atoms. The summed E-state index contributed by atoms with van der Waals surface area (Å²) in [6.45, 7) is 10.8. The molecule has 0 aliphatic carbocycles. The second-order valence-electron chi connectivity index (χ2n) is 6.31. The van der Waals surface area contributed by atoms with Gasteiger partial charge in [0.05, 0.1) is 6.61 Å². The molecule has 3 nitrogen and oxygen atoms in total. The summed E-state index contributed by atoms with van der Waals surface area (Å²) in [5.41, 5.74) is 1.37.